The smallest absolute Gasteiger partial charge is 0.332 e. The average Bonchev–Trinajstić information content (AvgIpc) is 3.40. The number of nitrogens with one attached hydrogen (secondary N) is 2. The molecule has 1 unspecified atom stereocenters. The van der Waals surface area contributed by atoms with E-state index in [-0.39, 0.29) is 47.3 Å². The zero-order valence-corrected chi connectivity index (χ0v) is 25.9. The Morgan fingerprint density at radius 2 is 1.84 bits per heavy atom. The number of pyridine rings is 1. The van der Waals surface area contributed by atoms with Crippen LogP contribution in [0.3, 0.4) is 0 Å². The fourth-order valence-electron chi connectivity index (χ4n) is 8.18. The van der Waals surface area contributed by atoms with E-state index >= 15 is 4.39 Å². The first-order valence-electron chi connectivity index (χ1n) is 14.8. The zero-order valence-electron chi connectivity index (χ0n) is 24.4. The van der Waals surface area contributed by atoms with Crippen molar-refractivity contribution in [2.45, 2.75) is 94.7 Å². The molecule has 3 N–H and O–H groups in total. The minimum Gasteiger partial charge on any atom is -0.479 e. The summed E-state index contributed by atoms with van der Waals surface area (Å²) in [6, 6.07) is 5.83. The van der Waals surface area contributed by atoms with Gasteiger partial charge in [-0.1, -0.05) is 50.0 Å². The molecule has 0 radical (unpaired) electrons. The number of carbonyl (C=O) groups excluding carboxylic acids is 2. The molecule has 3 aliphatic heterocycles. The summed E-state index contributed by atoms with van der Waals surface area (Å²) in [7, 11) is 0. The van der Waals surface area contributed by atoms with E-state index in [0.717, 1.165) is 12.8 Å². The summed E-state index contributed by atoms with van der Waals surface area (Å²) in [6.45, 7) is 6.40. The van der Waals surface area contributed by atoms with Crippen LogP contribution in [-0.4, -0.2) is 52.0 Å². The maximum Gasteiger partial charge on any atom is 0.332 e. The Labute approximate surface area is 260 Å². The molecule has 1 aromatic heterocycles. The number of carboxylic acid groups (broad SMARTS) is 1. The fourth-order valence-corrected chi connectivity index (χ4v) is 8.52. The first kappa shape index (κ1) is 30.4. The molecule has 1 aromatic carbocycles. The lowest BCUT2D eigenvalue weighted by molar-refractivity contribution is -0.159. The van der Waals surface area contributed by atoms with E-state index in [1.165, 1.54) is 12.3 Å². The van der Waals surface area contributed by atoms with Crippen LogP contribution >= 0.6 is 23.2 Å². The van der Waals surface area contributed by atoms with Crippen molar-refractivity contribution in [2.24, 2.45) is 10.8 Å². The standard InChI is InChI=1S/C32H36Cl2FN3O5/c1-29(2)9-11-31(12-10-29)32(19-5-4-17(33)14-20(19)37-28(32)42)23(18-7-13-36-26(34)24(18)35)25(38-31)21(39)15-30(3)8-6-22(27(40)41)43-16-30/h4-5,7,13-14,22-23,25,38H,6,8-12,15-16H2,1-3H3,(H,37,42)(H,40,41)/t22-,23-,25-,30?,32+/m0/s1. The second-order valence-electron chi connectivity index (χ2n) is 13.9. The molecule has 0 bridgehead atoms. The van der Waals surface area contributed by atoms with E-state index < -0.39 is 46.2 Å². The Morgan fingerprint density at radius 3 is 2.49 bits per heavy atom. The molecule has 2 aromatic rings. The SMILES string of the molecule is CC1(C)CCC2(CC1)N[C@@H](C(=O)CC1(C)CC[C@@H](C(=O)O)OC1)[C@H](c1ccnc(Cl)c1F)[C@]21C(=O)Nc2cc(Cl)ccc21. The van der Waals surface area contributed by atoms with Crippen LogP contribution in [0.1, 0.15) is 82.8 Å². The molecule has 1 aliphatic carbocycles. The number of amides is 1. The summed E-state index contributed by atoms with van der Waals surface area (Å²) >= 11 is 12.6. The number of hydrogen-bond acceptors (Lipinski definition) is 6. The lowest BCUT2D eigenvalue weighted by Crippen LogP contribution is -2.61. The van der Waals surface area contributed by atoms with Gasteiger partial charge in [0, 0.05) is 34.8 Å². The third-order valence-electron chi connectivity index (χ3n) is 10.5. The van der Waals surface area contributed by atoms with Crippen LogP contribution in [0, 0.1) is 16.6 Å². The van der Waals surface area contributed by atoms with Gasteiger partial charge in [0.25, 0.3) is 0 Å². The highest BCUT2D eigenvalue weighted by Gasteiger charge is 2.73. The minimum atomic E-state index is -1.34. The number of anilines is 1. The summed E-state index contributed by atoms with van der Waals surface area (Å²) in [5, 5.41) is 16.2. The molecular weight excluding hydrogens is 596 g/mol. The molecule has 4 heterocycles. The first-order valence-corrected chi connectivity index (χ1v) is 15.5. The summed E-state index contributed by atoms with van der Waals surface area (Å²) in [6.07, 6.45) is 4.12. The van der Waals surface area contributed by atoms with Crippen LogP contribution in [0.15, 0.2) is 30.5 Å². The van der Waals surface area contributed by atoms with E-state index in [1.807, 2.05) is 13.0 Å². The molecule has 11 heteroatoms. The van der Waals surface area contributed by atoms with Crippen LogP contribution in [0.2, 0.25) is 10.2 Å². The Balaban J connectivity index is 1.51. The normalized spacial score (nSPS) is 32.5. The predicted molar refractivity (Wildman–Crippen MR) is 160 cm³/mol. The summed E-state index contributed by atoms with van der Waals surface area (Å²) in [5.74, 6) is -3.21. The Bertz CT molecular complexity index is 1500. The number of ketones is 1. The van der Waals surface area contributed by atoms with E-state index in [2.05, 4.69) is 29.5 Å². The van der Waals surface area contributed by atoms with Gasteiger partial charge in [0.05, 0.1) is 12.6 Å². The molecule has 43 heavy (non-hydrogen) atoms. The molecule has 2 spiro atoms. The van der Waals surface area contributed by atoms with Gasteiger partial charge in [-0.3, -0.25) is 14.9 Å². The Kier molecular flexibility index (Phi) is 7.43. The number of benzene rings is 1. The van der Waals surface area contributed by atoms with Gasteiger partial charge in [-0.15, -0.1) is 0 Å². The van der Waals surface area contributed by atoms with Crippen molar-refractivity contribution in [3.05, 3.63) is 57.6 Å². The number of rotatable bonds is 5. The molecule has 8 nitrogen and oxygen atoms in total. The Morgan fingerprint density at radius 1 is 1.12 bits per heavy atom. The van der Waals surface area contributed by atoms with Crippen molar-refractivity contribution >= 4 is 46.5 Å². The van der Waals surface area contributed by atoms with Gasteiger partial charge in [0.15, 0.2) is 22.9 Å². The third-order valence-corrected chi connectivity index (χ3v) is 11.0. The monoisotopic (exact) mass is 631 g/mol. The summed E-state index contributed by atoms with van der Waals surface area (Å²) < 4.78 is 21.7. The number of halogens is 3. The first-order chi connectivity index (χ1) is 20.2. The number of Topliss-reactive ketones (excluding diaryl/α,β-unsaturated/α-hetero) is 1. The number of hydrogen-bond donors (Lipinski definition) is 3. The van der Waals surface area contributed by atoms with Gasteiger partial charge in [0.2, 0.25) is 5.91 Å². The average molecular weight is 633 g/mol. The van der Waals surface area contributed by atoms with Gasteiger partial charge >= 0.3 is 5.97 Å². The fraction of sp³-hybridized carbons (Fsp3) is 0.562. The number of ether oxygens (including phenoxy) is 1. The van der Waals surface area contributed by atoms with Crippen molar-refractivity contribution in [1.29, 1.82) is 0 Å². The number of aromatic nitrogens is 1. The molecule has 1 amide bonds. The van der Waals surface area contributed by atoms with Crippen molar-refractivity contribution in [3.8, 4) is 0 Å². The zero-order chi connectivity index (χ0) is 30.9. The highest BCUT2D eigenvalue weighted by atomic mass is 35.5. The summed E-state index contributed by atoms with van der Waals surface area (Å²) in [5.41, 5.74) is -1.41. The van der Waals surface area contributed by atoms with E-state index in [9.17, 15) is 19.5 Å². The number of nitrogens with zero attached hydrogens (tertiary/aromatic N) is 1. The molecule has 3 fully saturated rings. The molecule has 2 saturated heterocycles. The van der Waals surface area contributed by atoms with Crippen LogP contribution in [0.25, 0.3) is 0 Å². The molecule has 230 valence electrons. The maximum absolute atomic E-state index is 16.1. The number of fused-ring (bicyclic) bond motifs is 3. The van der Waals surface area contributed by atoms with Gasteiger partial charge < -0.3 is 15.2 Å². The van der Waals surface area contributed by atoms with Crippen molar-refractivity contribution in [1.82, 2.24) is 10.3 Å². The predicted octanol–water partition coefficient (Wildman–Crippen LogP) is 6.04. The minimum absolute atomic E-state index is 0.0302. The number of carboxylic acids is 1. The topological polar surface area (TPSA) is 118 Å². The highest BCUT2D eigenvalue weighted by molar-refractivity contribution is 6.31. The largest absolute Gasteiger partial charge is 0.479 e. The third kappa shape index (κ3) is 4.78. The molecule has 5 atom stereocenters. The Hall–Kier alpha value is -2.59. The van der Waals surface area contributed by atoms with Crippen molar-refractivity contribution < 1.29 is 28.6 Å². The van der Waals surface area contributed by atoms with E-state index in [1.54, 1.807) is 12.1 Å². The van der Waals surface area contributed by atoms with Gasteiger partial charge in [0.1, 0.15) is 5.41 Å². The van der Waals surface area contributed by atoms with Crippen LogP contribution in [0.4, 0.5) is 10.1 Å². The number of carbonyl (C=O) groups is 3. The van der Waals surface area contributed by atoms with Crippen LogP contribution < -0.4 is 10.6 Å². The summed E-state index contributed by atoms with van der Waals surface area (Å²) in [4.78, 5) is 44.5. The van der Waals surface area contributed by atoms with Crippen LogP contribution in [-0.2, 0) is 24.5 Å². The number of aliphatic carboxylic acids is 1. The molecular formula is C32H36Cl2FN3O5. The van der Waals surface area contributed by atoms with E-state index in [4.69, 9.17) is 27.9 Å². The second-order valence-corrected chi connectivity index (χ2v) is 14.7. The van der Waals surface area contributed by atoms with Crippen molar-refractivity contribution in [2.75, 3.05) is 11.9 Å². The lowest BCUT2D eigenvalue weighted by atomic mass is 9.53. The second kappa shape index (κ2) is 10.5. The highest BCUT2D eigenvalue weighted by Crippen LogP contribution is 2.64. The van der Waals surface area contributed by atoms with Gasteiger partial charge in [-0.2, -0.15) is 0 Å². The quantitative estimate of drug-likeness (QED) is 0.344. The van der Waals surface area contributed by atoms with Gasteiger partial charge in [-0.05, 0) is 78.7 Å². The van der Waals surface area contributed by atoms with Crippen LogP contribution in [0.5, 0.6) is 0 Å². The van der Waals surface area contributed by atoms with E-state index in [0.29, 0.717) is 35.5 Å². The lowest BCUT2D eigenvalue weighted by Gasteiger charge is -2.50. The van der Waals surface area contributed by atoms with Crippen molar-refractivity contribution in [3.63, 3.8) is 0 Å². The molecule has 6 rings (SSSR count). The van der Waals surface area contributed by atoms with Gasteiger partial charge in [-0.25, -0.2) is 14.2 Å². The maximum atomic E-state index is 16.1. The molecule has 1 saturated carbocycles. The molecule has 4 aliphatic rings.